The molecular formula is C16H25ClN2O3. The molecule has 1 unspecified atom stereocenters. The van der Waals surface area contributed by atoms with E-state index in [1.54, 1.807) is 13.8 Å². The first-order valence-corrected chi connectivity index (χ1v) is 7.26. The second-order valence-electron chi connectivity index (χ2n) is 5.17. The van der Waals surface area contributed by atoms with Crippen molar-refractivity contribution in [2.75, 3.05) is 6.54 Å². The molecule has 1 aromatic carbocycles. The lowest BCUT2D eigenvalue weighted by Gasteiger charge is -2.19. The summed E-state index contributed by atoms with van der Waals surface area (Å²) in [6.45, 7) is 4.07. The highest BCUT2D eigenvalue weighted by Crippen LogP contribution is 2.18. The number of hydrogen-bond acceptors (Lipinski definition) is 4. The van der Waals surface area contributed by atoms with Crippen molar-refractivity contribution in [2.45, 2.75) is 45.3 Å². The lowest BCUT2D eigenvalue weighted by molar-refractivity contribution is -0.148. The summed E-state index contributed by atoms with van der Waals surface area (Å²) < 4.78 is 5.15. The zero-order valence-corrected chi connectivity index (χ0v) is 13.9. The maximum atomic E-state index is 11.9. The third kappa shape index (κ3) is 8.00. The predicted molar refractivity (Wildman–Crippen MR) is 88.7 cm³/mol. The van der Waals surface area contributed by atoms with Crippen LogP contribution >= 0.6 is 12.4 Å². The zero-order valence-electron chi connectivity index (χ0n) is 13.1. The summed E-state index contributed by atoms with van der Waals surface area (Å²) in [6, 6.07) is 9.04. The minimum Gasteiger partial charge on any atom is -0.463 e. The van der Waals surface area contributed by atoms with Crippen LogP contribution in [0.2, 0.25) is 0 Å². The van der Waals surface area contributed by atoms with Gasteiger partial charge in [-0.25, -0.2) is 0 Å². The van der Waals surface area contributed by atoms with E-state index >= 15 is 0 Å². The molecule has 0 radical (unpaired) electrons. The van der Waals surface area contributed by atoms with Gasteiger partial charge < -0.3 is 15.8 Å². The first-order chi connectivity index (χ1) is 10.0. The number of rotatable bonds is 8. The molecule has 1 rings (SSSR count). The Morgan fingerprint density at radius 1 is 1.23 bits per heavy atom. The highest BCUT2D eigenvalue weighted by atomic mass is 35.5. The van der Waals surface area contributed by atoms with Crippen LogP contribution in [-0.4, -0.2) is 24.5 Å². The number of esters is 1. The molecule has 0 aromatic heterocycles. The number of ether oxygens (including phenoxy) is 1. The number of nitrogens with two attached hydrogens (primary N) is 1. The Bertz CT molecular complexity index is 452. The number of benzene rings is 1. The van der Waals surface area contributed by atoms with E-state index in [4.69, 9.17) is 10.5 Å². The third-order valence-corrected chi connectivity index (χ3v) is 2.88. The predicted octanol–water partition coefficient (Wildman–Crippen LogP) is 2.35. The number of amides is 1. The molecule has 22 heavy (non-hydrogen) atoms. The topological polar surface area (TPSA) is 81.4 Å². The molecule has 0 saturated carbocycles. The Hall–Kier alpha value is -1.59. The second kappa shape index (κ2) is 11.0. The summed E-state index contributed by atoms with van der Waals surface area (Å²) in [4.78, 5) is 23.7. The number of nitrogens with one attached hydrogen (secondary N) is 1. The molecule has 124 valence electrons. The summed E-state index contributed by atoms with van der Waals surface area (Å²) in [7, 11) is 0. The van der Waals surface area contributed by atoms with Crippen LogP contribution in [0, 0.1) is 0 Å². The minimum atomic E-state index is -0.372. The normalized spacial score (nSPS) is 11.5. The molecule has 5 nitrogen and oxygen atoms in total. The van der Waals surface area contributed by atoms with Gasteiger partial charge in [-0.1, -0.05) is 30.3 Å². The molecule has 0 heterocycles. The van der Waals surface area contributed by atoms with E-state index in [0.717, 1.165) is 5.56 Å². The molecule has 6 heteroatoms. The zero-order chi connectivity index (χ0) is 15.7. The summed E-state index contributed by atoms with van der Waals surface area (Å²) in [5, 5.41) is 2.88. The molecule has 0 aliphatic rings. The maximum Gasteiger partial charge on any atom is 0.308 e. The van der Waals surface area contributed by atoms with Crippen LogP contribution in [0.5, 0.6) is 0 Å². The molecule has 0 aliphatic heterocycles. The van der Waals surface area contributed by atoms with Gasteiger partial charge in [0.05, 0.1) is 18.6 Å². The molecule has 0 saturated heterocycles. The Kier molecular flexibility index (Phi) is 10.2. The van der Waals surface area contributed by atoms with Crippen LogP contribution < -0.4 is 11.1 Å². The van der Waals surface area contributed by atoms with E-state index in [-0.39, 0.29) is 42.9 Å². The largest absolute Gasteiger partial charge is 0.463 e. The van der Waals surface area contributed by atoms with Crippen molar-refractivity contribution in [3.8, 4) is 0 Å². The Balaban J connectivity index is 0.00000441. The van der Waals surface area contributed by atoms with Crippen molar-refractivity contribution in [1.29, 1.82) is 0 Å². The van der Waals surface area contributed by atoms with Gasteiger partial charge in [0.15, 0.2) is 0 Å². The van der Waals surface area contributed by atoms with Crippen molar-refractivity contribution in [2.24, 2.45) is 5.73 Å². The Labute approximate surface area is 138 Å². The van der Waals surface area contributed by atoms with Crippen molar-refractivity contribution in [1.82, 2.24) is 5.32 Å². The fraction of sp³-hybridized carbons (Fsp3) is 0.500. The van der Waals surface area contributed by atoms with Crippen molar-refractivity contribution in [3.63, 3.8) is 0 Å². The first kappa shape index (κ1) is 20.4. The van der Waals surface area contributed by atoms with E-state index in [1.807, 2.05) is 30.3 Å². The molecular weight excluding hydrogens is 304 g/mol. The molecule has 0 aliphatic carbocycles. The smallest absolute Gasteiger partial charge is 0.308 e. The molecule has 1 atom stereocenters. The van der Waals surface area contributed by atoms with Gasteiger partial charge in [0.2, 0.25) is 5.91 Å². The summed E-state index contributed by atoms with van der Waals surface area (Å²) in [5.74, 6) is -0.426. The molecule has 3 N–H and O–H groups in total. The maximum absolute atomic E-state index is 11.9. The lowest BCUT2D eigenvalue weighted by Crippen LogP contribution is -2.31. The van der Waals surface area contributed by atoms with Crippen LogP contribution in [0.1, 0.15) is 44.7 Å². The summed E-state index contributed by atoms with van der Waals surface area (Å²) >= 11 is 0. The van der Waals surface area contributed by atoms with Gasteiger partial charge in [0.1, 0.15) is 0 Å². The van der Waals surface area contributed by atoms with Crippen molar-refractivity contribution in [3.05, 3.63) is 35.9 Å². The van der Waals surface area contributed by atoms with Crippen LogP contribution in [0.15, 0.2) is 30.3 Å². The first-order valence-electron chi connectivity index (χ1n) is 7.26. The number of carbonyl (C=O) groups excluding carboxylic acids is 2. The molecule has 0 bridgehead atoms. The van der Waals surface area contributed by atoms with E-state index in [0.29, 0.717) is 19.4 Å². The van der Waals surface area contributed by atoms with Gasteiger partial charge in [-0.3, -0.25) is 9.59 Å². The van der Waals surface area contributed by atoms with Crippen molar-refractivity contribution >= 4 is 24.3 Å². The quantitative estimate of drug-likeness (QED) is 0.718. The molecule has 1 amide bonds. The van der Waals surface area contributed by atoms with Crippen LogP contribution in [0.3, 0.4) is 0 Å². The third-order valence-electron chi connectivity index (χ3n) is 2.88. The number of hydrogen-bond donors (Lipinski definition) is 2. The fourth-order valence-corrected chi connectivity index (χ4v) is 1.94. The molecule has 0 fully saturated rings. The van der Waals surface area contributed by atoms with Gasteiger partial charge >= 0.3 is 5.97 Å². The summed E-state index contributed by atoms with van der Waals surface area (Å²) in [6.07, 6.45) is 0.946. The number of carbonyl (C=O) groups is 2. The minimum absolute atomic E-state index is 0. The standard InChI is InChI=1S/C16H24N2O3.ClH/c1-12(2)21-16(20)11-14(13-7-4-3-5-8-13)18-15(19)9-6-10-17;/h3-5,7-8,12,14H,6,9-11,17H2,1-2H3,(H,18,19);1H. The van der Waals surface area contributed by atoms with Crippen LogP contribution in [0.25, 0.3) is 0 Å². The highest BCUT2D eigenvalue weighted by Gasteiger charge is 2.19. The van der Waals surface area contributed by atoms with Gasteiger partial charge in [0.25, 0.3) is 0 Å². The van der Waals surface area contributed by atoms with Crippen LogP contribution in [0.4, 0.5) is 0 Å². The van der Waals surface area contributed by atoms with Gasteiger partial charge in [-0.05, 0) is 32.4 Å². The van der Waals surface area contributed by atoms with Gasteiger partial charge in [0, 0.05) is 6.42 Å². The Morgan fingerprint density at radius 3 is 2.41 bits per heavy atom. The Morgan fingerprint density at radius 2 is 1.86 bits per heavy atom. The number of halogens is 1. The molecule has 1 aromatic rings. The summed E-state index contributed by atoms with van der Waals surface area (Å²) in [5.41, 5.74) is 6.29. The van der Waals surface area contributed by atoms with E-state index in [2.05, 4.69) is 5.32 Å². The van der Waals surface area contributed by atoms with Gasteiger partial charge in [-0.2, -0.15) is 0 Å². The highest BCUT2D eigenvalue weighted by molar-refractivity contribution is 5.85. The molecule has 0 spiro atoms. The average molecular weight is 329 g/mol. The average Bonchev–Trinajstić information content (AvgIpc) is 2.44. The second-order valence-corrected chi connectivity index (χ2v) is 5.17. The van der Waals surface area contributed by atoms with E-state index in [1.165, 1.54) is 0 Å². The van der Waals surface area contributed by atoms with E-state index in [9.17, 15) is 9.59 Å². The van der Waals surface area contributed by atoms with Crippen molar-refractivity contribution < 1.29 is 14.3 Å². The fourth-order valence-electron chi connectivity index (χ4n) is 1.94. The van der Waals surface area contributed by atoms with Crippen LogP contribution in [-0.2, 0) is 14.3 Å². The van der Waals surface area contributed by atoms with E-state index < -0.39 is 0 Å². The monoisotopic (exact) mass is 328 g/mol. The van der Waals surface area contributed by atoms with Gasteiger partial charge in [-0.15, -0.1) is 12.4 Å². The SMILES string of the molecule is CC(C)OC(=O)CC(NC(=O)CCCN)c1ccccc1.Cl. The lowest BCUT2D eigenvalue weighted by atomic mass is 10.0.